The summed E-state index contributed by atoms with van der Waals surface area (Å²) in [5.41, 5.74) is 4.53. The Hall–Kier alpha value is -3.01. The molecule has 0 radical (unpaired) electrons. The Morgan fingerprint density at radius 2 is 1.88 bits per heavy atom. The maximum atomic E-state index is 13.2. The van der Waals surface area contributed by atoms with Crippen molar-refractivity contribution in [2.24, 2.45) is 5.92 Å². The molecule has 0 spiro atoms. The molecule has 0 aliphatic heterocycles. The second kappa shape index (κ2) is 11.9. The molecule has 34 heavy (non-hydrogen) atoms. The SMILES string of the molecule is C=C(C)[C@@H]1CCC(C)=C[C@H]1c1c(O)cc(CCCCC)c(C(=O)OCCc2ccccc2)c1O. The molecule has 0 heterocycles. The van der Waals surface area contributed by atoms with Crippen LogP contribution in [0.15, 0.2) is 60.2 Å². The van der Waals surface area contributed by atoms with E-state index in [1.54, 1.807) is 6.07 Å². The van der Waals surface area contributed by atoms with Crippen molar-refractivity contribution in [1.29, 1.82) is 0 Å². The normalized spacial score (nSPS) is 17.8. The standard InChI is InChI=1S/C30H38O4/c1-5-6-8-13-23-19-26(31)28(25-18-21(4)14-15-24(25)20(2)3)29(32)27(23)30(33)34-17-16-22-11-9-7-10-12-22/h7,9-12,18-19,24-25,31-32H,2,5-6,8,13-17H2,1,3-4H3/t24-,25+/m0/s1. The summed E-state index contributed by atoms with van der Waals surface area (Å²) < 4.78 is 5.62. The van der Waals surface area contributed by atoms with Gasteiger partial charge in [0.25, 0.3) is 0 Å². The molecule has 4 heteroatoms. The van der Waals surface area contributed by atoms with Gasteiger partial charge in [-0.15, -0.1) is 0 Å². The molecular formula is C30H38O4. The Kier molecular flexibility index (Phi) is 8.98. The minimum atomic E-state index is -0.537. The zero-order valence-electron chi connectivity index (χ0n) is 20.8. The largest absolute Gasteiger partial charge is 0.507 e. The number of esters is 1. The number of carbonyl (C=O) groups is 1. The van der Waals surface area contributed by atoms with Crippen LogP contribution in [-0.4, -0.2) is 22.8 Å². The number of hydrogen-bond acceptors (Lipinski definition) is 4. The molecule has 2 N–H and O–H groups in total. The van der Waals surface area contributed by atoms with Gasteiger partial charge in [-0.3, -0.25) is 0 Å². The van der Waals surface area contributed by atoms with Crippen LogP contribution in [0.2, 0.25) is 0 Å². The summed E-state index contributed by atoms with van der Waals surface area (Å²) in [6, 6.07) is 11.5. The lowest BCUT2D eigenvalue weighted by Gasteiger charge is -2.32. The molecule has 0 aromatic heterocycles. The van der Waals surface area contributed by atoms with Gasteiger partial charge in [0.05, 0.1) is 6.61 Å². The molecule has 0 bridgehead atoms. The number of ether oxygens (including phenoxy) is 1. The highest BCUT2D eigenvalue weighted by atomic mass is 16.5. The molecule has 0 saturated heterocycles. The average Bonchev–Trinajstić information content (AvgIpc) is 2.79. The van der Waals surface area contributed by atoms with Crippen LogP contribution in [-0.2, 0) is 17.6 Å². The zero-order valence-corrected chi connectivity index (χ0v) is 20.8. The van der Waals surface area contributed by atoms with Crippen molar-refractivity contribution in [2.75, 3.05) is 6.61 Å². The summed E-state index contributed by atoms with van der Waals surface area (Å²) in [6.45, 7) is 10.5. The monoisotopic (exact) mass is 462 g/mol. The number of allylic oxidation sites excluding steroid dienone is 3. The van der Waals surface area contributed by atoms with Gasteiger partial charge in [0.2, 0.25) is 0 Å². The van der Waals surface area contributed by atoms with Gasteiger partial charge in [0.15, 0.2) is 0 Å². The second-order valence-corrected chi connectivity index (χ2v) is 9.55. The van der Waals surface area contributed by atoms with E-state index in [4.69, 9.17) is 4.74 Å². The molecule has 2 atom stereocenters. The van der Waals surface area contributed by atoms with Gasteiger partial charge >= 0.3 is 5.97 Å². The fourth-order valence-corrected chi connectivity index (χ4v) is 4.93. The summed E-state index contributed by atoms with van der Waals surface area (Å²) >= 11 is 0. The predicted octanol–water partition coefficient (Wildman–Crippen LogP) is 7.25. The van der Waals surface area contributed by atoms with Gasteiger partial charge < -0.3 is 14.9 Å². The number of aryl methyl sites for hydroxylation is 1. The van der Waals surface area contributed by atoms with E-state index in [9.17, 15) is 15.0 Å². The van der Waals surface area contributed by atoms with Crippen LogP contribution in [0, 0.1) is 5.92 Å². The molecule has 1 aliphatic rings. The van der Waals surface area contributed by atoms with Gasteiger partial charge in [-0.1, -0.05) is 73.9 Å². The Morgan fingerprint density at radius 3 is 2.56 bits per heavy atom. The van der Waals surface area contributed by atoms with Crippen molar-refractivity contribution in [3.05, 3.63) is 82.5 Å². The topological polar surface area (TPSA) is 66.8 Å². The number of rotatable bonds is 10. The van der Waals surface area contributed by atoms with Gasteiger partial charge in [-0.05, 0) is 62.6 Å². The summed E-state index contributed by atoms with van der Waals surface area (Å²) in [5, 5.41) is 22.4. The van der Waals surface area contributed by atoms with Crippen molar-refractivity contribution < 1.29 is 19.7 Å². The van der Waals surface area contributed by atoms with E-state index in [0.717, 1.165) is 43.2 Å². The predicted molar refractivity (Wildman–Crippen MR) is 137 cm³/mol. The maximum absolute atomic E-state index is 13.2. The minimum Gasteiger partial charge on any atom is -0.507 e. The summed E-state index contributed by atoms with van der Waals surface area (Å²) in [4.78, 5) is 13.2. The highest BCUT2D eigenvalue weighted by molar-refractivity contribution is 5.95. The van der Waals surface area contributed by atoms with Gasteiger partial charge in [0, 0.05) is 17.9 Å². The van der Waals surface area contributed by atoms with E-state index in [1.165, 1.54) is 5.57 Å². The summed E-state index contributed by atoms with van der Waals surface area (Å²) in [6.07, 6.45) is 8.07. The van der Waals surface area contributed by atoms with Crippen molar-refractivity contribution in [2.45, 2.75) is 71.6 Å². The minimum absolute atomic E-state index is 0.0343. The summed E-state index contributed by atoms with van der Waals surface area (Å²) in [5.74, 6) is -0.796. The Balaban J connectivity index is 1.96. The average molecular weight is 463 g/mol. The first-order valence-electron chi connectivity index (χ1n) is 12.4. The Morgan fingerprint density at radius 1 is 1.15 bits per heavy atom. The molecule has 0 unspecified atom stereocenters. The number of carbonyl (C=O) groups excluding carboxylic acids is 1. The van der Waals surface area contributed by atoms with Gasteiger partial charge in [-0.2, -0.15) is 0 Å². The number of hydrogen-bond donors (Lipinski definition) is 2. The highest BCUT2D eigenvalue weighted by Crippen LogP contribution is 2.48. The van der Waals surface area contributed by atoms with Crippen LogP contribution in [0.1, 0.15) is 85.8 Å². The fourth-order valence-electron chi connectivity index (χ4n) is 4.93. The van der Waals surface area contributed by atoms with E-state index in [2.05, 4.69) is 26.5 Å². The lowest BCUT2D eigenvalue weighted by molar-refractivity contribution is 0.0504. The Bertz CT molecular complexity index is 1040. The molecule has 3 rings (SSSR count). The van der Waals surface area contributed by atoms with Gasteiger partial charge in [-0.25, -0.2) is 4.79 Å². The van der Waals surface area contributed by atoms with Crippen LogP contribution in [0.5, 0.6) is 11.5 Å². The molecule has 0 saturated carbocycles. The van der Waals surface area contributed by atoms with E-state index < -0.39 is 5.97 Å². The van der Waals surface area contributed by atoms with Crippen LogP contribution >= 0.6 is 0 Å². The van der Waals surface area contributed by atoms with E-state index in [1.807, 2.05) is 37.3 Å². The van der Waals surface area contributed by atoms with Crippen LogP contribution in [0.4, 0.5) is 0 Å². The zero-order chi connectivity index (χ0) is 24.7. The molecular weight excluding hydrogens is 424 g/mol. The first kappa shape index (κ1) is 25.6. The van der Waals surface area contributed by atoms with Crippen LogP contribution in [0.25, 0.3) is 0 Å². The van der Waals surface area contributed by atoms with Gasteiger partial charge in [0.1, 0.15) is 17.1 Å². The molecule has 0 amide bonds. The van der Waals surface area contributed by atoms with E-state index in [0.29, 0.717) is 24.0 Å². The second-order valence-electron chi connectivity index (χ2n) is 9.55. The molecule has 0 fully saturated rings. The number of phenolic OH excluding ortho intramolecular Hbond substituents is 2. The number of benzene rings is 2. The van der Waals surface area contributed by atoms with Crippen molar-refractivity contribution in [3.63, 3.8) is 0 Å². The summed E-state index contributed by atoms with van der Waals surface area (Å²) in [7, 11) is 0. The number of phenols is 2. The molecule has 1 aliphatic carbocycles. The molecule has 4 nitrogen and oxygen atoms in total. The van der Waals surface area contributed by atoms with Crippen molar-refractivity contribution in [3.8, 4) is 11.5 Å². The smallest absolute Gasteiger partial charge is 0.342 e. The van der Waals surface area contributed by atoms with Crippen LogP contribution < -0.4 is 0 Å². The van der Waals surface area contributed by atoms with Crippen molar-refractivity contribution in [1.82, 2.24) is 0 Å². The molecule has 2 aromatic rings. The highest BCUT2D eigenvalue weighted by Gasteiger charge is 2.33. The molecule has 182 valence electrons. The number of aromatic hydroxyl groups is 2. The van der Waals surface area contributed by atoms with E-state index in [-0.39, 0.29) is 35.5 Å². The molecule has 2 aromatic carbocycles. The van der Waals surface area contributed by atoms with E-state index >= 15 is 0 Å². The third-order valence-electron chi connectivity index (χ3n) is 6.83. The first-order chi connectivity index (χ1) is 16.3. The third-order valence-corrected chi connectivity index (χ3v) is 6.83. The lowest BCUT2D eigenvalue weighted by atomic mass is 9.73. The number of unbranched alkanes of at least 4 members (excludes halogenated alkanes) is 2. The maximum Gasteiger partial charge on any atom is 0.342 e. The van der Waals surface area contributed by atoms with Crippen LogP contribution in [0.3, 0.4) is 0 Å². The third kappa shape index (κ3) is 6.11. The Labute approximate surface area is 204 Å². The fraction of sp³-hybridized carbons (Fsp3) is 0.433. The first-order valence-corrected chi connectivity index (χ1v) is 12.4. The lowest BCUT2D eigenvalue weighted by Crippen LogP contribution is -2.19. The van der Waals surface area contributed by atoms with Crippen molar-refractivity contribution >= 4 is 5.97 Å². The quantitative estimate of drug-likeness (QED) is 0.222.